The van der Waals surface area contributed by atoms with Crippen LogP contribution in [0.3, 0.4) is 0 Å². The number of hydrogen-bond acceptors (Lipinski definition) is 4. The molecule has 0 bridgehead atoms. The summed E-state index contributed by atoms with van der Waals surface area (Å²) in [5, 5.41) is 8.18. The van der Waals surface area contributed by atoms with Crippen molar-refractivity contribution >= 4 is 17.3 Å². The van der Waals surface area contributed by atoms with E-state index in [0.29, 0.717) is 5.02 Å². The first-order valence-electron chi connectivity index (χ1n) is 6.56. The zero-order valence-electron chi connectivity index (χ0n) is 11.4. The molecule has 0 spiro atoms. The molecule has 0 aliphatic carbocycles. The predicted octanol–water partition coefficient (Wildman–Crippen LogP) is 3.49. The van der Waals surface area contributed by atoms with E-state index < -0.39 is 0 Å². The second kappa shape index (κ2) is 5.93. The summed E-state index contributed by atoms with van der Waals surface area (Å²) in [6.45, 7) is 2.05. The number of pyridine rings is 1. The Morgan fingerprint density at radius 3 is 2.81 bits per heavy atom. The van der Waals surface area contributed by atoms with Crippen LogP contribution < -0.4 is 5.32 Å². The highest BCUT2D eigenvalue weighted by molar-refractivity contribution is 6.33. The number of nitrogens with one attached hydrogen (secondary N) is 1. The van der Waals surface area contributed by atoms with Gasteiger partial charge in [0.05, 0.1) is 22.4 Å². The third-order valence-electron chi connectivity index (χ3n) is 3.14. The SMILES string of the molecule is CC(Nc1cccc(Cl)c1-n1cncn1)c1ccccn1. The normalized spacial score (nSPS) is 12.1. The monoisotopic (exact) mass is 299 g/mol. The molecule has 5 nitrogen and oxygen atoms in total. The van der Waals surface area contributed by atoms with Gasteiger partial charge < -0.3 is 5.32 Å². The Bertz CT molecular complexity index is 712. The second-order valence-corrected chi connectivity index (χ2v) is 5.00. The number of benzene rings is 1. The molecule has 0 radical (unpaired) electrons. The van der Waals surface area contributed by atoms with Crippen LogP contribution >= 0.6 is 11.6 Å². The standard InChI is InChI=1S/C15H14ClN5/c1-11(13-6-2-3-8-18-13)20-14-7-4-5-12(16)15(14)21-10-17-9-19-21/h2-11,20H,1H3. The van der Waals surface area contributed by atoms with Gasteiger partial charge in [-0.25, -0.2) is 9.67 Å². The summed E-state index contributed by atoms with van der Waals surface area (Å²) < 4.78 is 1.65. The van der Waals surface area contributed by atoms with Gasteiger partial charge in [0.2, 0.25) is 0 Å². The molecular formula is C15H14ClN5. The van der Waals surface area contributed by atoms with Crippen molar-refractivity contribution in [2.75, 3.05) is 5.32 Å². The quantitative estimate of drug-likeness (QED) is 0.801. The number of nitrogens with zero attached hydrogens (tertiary/aromatic N) is 4. The Morgan fingerprint density at radius 1 is 1.19 bits per heavy atom. The van der Waals surface area contributed by atoms with Gasteiger partial charge in [0, 0.05) is 6.20 Å². The smallest absolute Gasteiger partial charge is 0.138 e. The largest absolute Gasteiger partial charge is 0.375 e. The molecule has 3 aromatic rings. The molecule has 0 saturated heterocycles. The third-order valence-corrected chi connectivity index (χ3v) is 3.44. The lowest BCUT2D eigenvalue weighted by molar-refractivity contribution is 0.826. The summed E-state index contributed by atoms with van der Waals surface area (Å²) >= 11 is 6.31. The second-order valence-electron chi connectivity index (χ2n) is 4.60. The van der Waals surface area contributed by atoms with Crippen LogP contribution in [0, 0.1) is 0 Å². The molecule has 1 aromatic carbocycles. The van der Waals surface area contributed by atoms with E-state index >= 15 is 0 Å². The Balaban J connectivity index is 1.95. The lowest BCUT2D eigenvalue weighted by Gasteiger charge is -2.18. The van der Waals surface area contributed by atoms with E-state index in [4.69, 9.17) is 11.6 Å². The zero-order chi connectivity index (χ0) is 14.7. The first-order chi connectivity index (χ1) is 10.3. The van der Waals surface area contributed by atoms with Gasteiger partial charge in [-0.15, -0.1) is 0 Å². The van der Waals surface area contributed by atoms with Crippen molar-refractivity contribution in [1.29, 1.82) is 0 Å². The lowest BCUT2D eigenvalue weighted by Crippen LogP contribution is -2.11. The van der Waals surface area contributed by atoms with E-state index in [-0.39, 0.29) is 6.04 Å². The molecule has 3 rings (SSSR count). The number of anilines is 1. The van der Waals surface area contributed by atoms with Crippen LogP contribution in [-0.2, 0) is 0 Å². The average Bonchev–Trinajstić information content (AvgIpc) is 3.02. The van der Waals surface area contributed by atoms with Crippen LogP contribution in [0.4, 0.5) is 5.69 Å². The van der Waals surface area contributed by atoms with Crippen LogP contribution in [0.15, 0.2) is 55.2 Å². The zero-order valence-corrected chi connectivity index (χ0v) is 12.2. The maximum atomic E-state index is 6.31. The minimum absolute atomic E-state index is 0.0481. The molecule has 6 heteroatoms. The first kappa shape index (κ1) is 13.6. The van der Waals surface area contributed by atoms with Gasteiger partial charge in [-0.2, -0.15) is 5.10 Å². The predicted molar refractivity (Wildman–Crippen MR) is 82.6 cm³/mol. The van der Waals surface area contributed by atoms with Crippen molar-refractivity contribution in [2.45, 2.75) is 13.0 Å². The van der Waals surface area contributed by atoms with Crippen LogP contribution in [0.25, 0.3) is 5.69 Å². The van der Waals surface area contributed by atoms with Crippen molar-refractivity contribution in [2.24, 2.45) is 0 Å². The van der Waals surface area contributed by atoms with E-state index in [0.717, 1.165) is 17.1 Å². The van der Waals surface area contributed by atoms with Gasteiger partial charge in [-0.3, -0.25) is 4.98 Å². The Labute approximate surface area is 127 Å². The fourth-order valence-corrected chi connectivity index (χ4v) is 2.39. The molecule has 0 aliphatic heterocycles. The van der Waals surface area contributed by atoms with Gasteiger partial charge in [0.1, 0.15) is 18.3 Å². The molecule has 1 N–H and O–H groups in total. The third kappa shape index (κ3) is 2.87. The molecule has 21 heavy (non-hydrogen) atoms. The summed E-state index contributed by atoms with van der Waals surface area (Å²) in [6, 6.07) is 11.6. The number of rotatable bonds is 4. The van der Waals surface area contributed by atoms with E-state index in [2.05, 4.69) is 20.4 Å². The Kier molecular flexibility index (Phi) is 3.83. The fraction of sp³-hybridized carbons (Fsp3) is 0.133. The number of para-hydroxylation sites is 1. The summed E-state index contributed by atoms with van der Waals surface area (Å²) in [7, 11) is 0. The number of halogens is 1. The molecule has 1 unspecified atom stereocenters. The highest BCUT2D eigenvalue weighted by atomic mass is 35.5. The minimum Gasteiger partial charge on any atom is -0.375 e. The highest BCUT2D eigenvalue weighted by Crippen LogP contribution is 2.30. The first-order valence-corrected chi connectivity index (χ1v) is 6.94. The molecule has 0 amide bonds. The van der Waals surface area contributed by atoms with E-state index in [1.54, 1.807) is 17.2 Å². The lowest BCUT2D eigenvalue weighted by atomic mass is 10.2. The molecule has 2 heterocycles. The topological polar surface area (TPSA) is 55.6 Å². The fourth-order valence-electron chi connectivity index (χ4n) is 2.13. The summed E-state index contributed by atoms with van der Waals surface area (Å²) in [5.41, 5.74) is 2.62. The van der Waals surface area contributed by atoms with E-state index in [1.165, 1.54) is 6.33 Å². The maximum absolute atomic E-state index is 6.31. The van der Waals surface area contributed by atoms with Gasteiger partial charge in [-0.05, 0) is 31.2 Å². The maximum Gasteiger partial charge on any atom is 0.138 e. The van der Waals surface area contributed by atoms with Gasteiger partial charge in [0.25, 0.3) is 0 Å². The van der Waals surface area contributed by atoms with Gasteiger partial charge in [-0.1, -0.05) is 23.7 Å². The molecule has 2 aromatic heterocycles. The van der Waals surface area contributed by atoms with Crippen molar-refractivity contribution in [1.82, 2.24) is 19.7 Å². The molecule has 0 saturated carbocycles. The molecule has 0 fully saturated rings. The minimum atomic E-state index is 0.0481. The number of aromatic nitrogens is 4. The summed E-state index contributed by atoms with van der Waals surface area (Å²) in [5.74, 6) is 0. The molecule has 106 valence electrons. The van der Waals surface area contributed by atoms with Crippen molar-refractivity contribution < 1.29 is 0 Å². The van der Waals surface area contributed by atoms with Crippen molar-refractivity contribution in [3.8, 4) is 5.69 Å². The van der Waals surface area contributed by atoms with Crippen molar-refractivity contribution in [3.63, 3.8) is 0 Å². The van der Waals surface area contributed by atoms with Gasteiger partial charge >= 0.3 is 0 Å². The van der Waals surface area contributed by atoms with Crippen LogP contribution in [0.5, 0.6) is 0 Å². The van der Waals surface area contributed by atoms with E-state index in [1.807, 2.05) is 43.3 Å². The van der Waals surface area contributed by atoms with Crippen molar-refractivity contribution in [3.05, 3.63) is 66.0 Å². The Hall–Kier alpha value is -2.40. The van der Waals surface area contributed by atoms with Crippen LogP contribution in [-0.4, -0.2) is 19.7 Å². The molecule has 0 aliphatic rings. The highest BCUT2D eigenvalue weighted by Gasteiger charge is 2.13. The molecular weight excluding hydrogens is 286 g/mol. The Morgan fingerprint density at radius 2 is 2.10 bits per heavy atom. The van der Waals surface area contributed by atoms with E-state index in [9.17, 15) is 0 Å². The van der Waals surface area contributed by atoms with Crippen LogP contribution in [0.1, 0.15) is 18.7 Å². The summed E-state index contributed by atoms with van der Waals surface area (Å²) in [4.78, 5) is 8.33. The van der Waals surface area contributed by atoms with Crippen LogP contribution in [0.2, 0.25) is 5.02 Å². The van der Waals surface area contributed by atoms with Gasteiger partial charge in [0.15, 0.2) is 0 Å². The molecule has 1 atom stereocenters. The summed E-state index contributed by atoms with van der Waals surface area (Å²) in [6.07, 6.45) is 4.89. The average molecular weight is 300 g/mol. The number of hydrogen-bond donors (Lipinski definition) is 1.